The molecule has 0 radical (unpaired) electrons. The van der Waals surface area contributed by atoms with Crippen molar-refractivity contribution in [2.24, 2.45) is 0 Å². The Hall–Kier alpha value is -1.18. The average molecular weight is 271 g/mol. The molecule has 3 aliphatic heterocycles. The highest BCUT2D eigenvalue weighted by Crippen LogP contribution is 2.49. The van der Waals surface area contributed by atoms with Crippen LogP contribution in [0.25, 0.3) is 0 Å². The molecule has 1 saturated heterocycles. The Labute approximate surface area is 118 Å². The summed E-state index contributed by atoms with van der Waals surface area (Å²) in [5.41, 5.74) is 3.69. The summed E-state index contributed by atoms with van der Waals surface area (Å²) in [5.74, 6) is 1.75. The second-order valence-corrected chi connectivity index (χ2v) is 6.72. The predicted octanol–water partition coefficient (Wildman–Crippen LogP) is 2.32. The fraction of sp³-hybridized carbons (Fsp3) is 0.533. The summed E-state index contributed by atoms with van der Waals surface area (Å²) in [4.78, 5) is 3.97. The Balaban J connectivity index is 1.91. The average Bonchev–Trinajstić information content (AvgIpc) is 2.63. The first-order valence-electron chi connectivity index (χ1n) is 7.06. The molecule has 0 aliphatic carbocycles. The summed E-state index contributed by atoms with van der Waals surface area (Å²) in [7, 11) is 0. The summed E-state index contributed by atoms with van der Waals surface area (Å²) in [5, 5.41) is 12.8. The molecule has 1 fully saturated rings. The van der Waals surface area contributed by atoms with E-state index in [1.54, 1.807) is 0 Å². The van der Waals surface area contributed by atoms with Gasteiger partial charge in [-0.2, -0.15) is 5.26 Å². The zero-order valence-corrected chi connectivity index (χ0v) is 11.7. The number of hydrogen-bond acceptors (Lipinski definition) is 4. The zero-order chi connectivity index (χ0) is 12.8. The molecule has 98 valence electrons. The van der Waals surface area contributed by atoms with Crippen LogP contribution in [0.3, 0.4) is 0 Å². The van der Waals surface area contributed by atoms with Crippen molar-refractivity contribution in [1.82, 2.24) is 5.32 Å². The van der Waals surface area contributed by atoms with Gasteiger partial charge in [-0.15, -0.1) is 11.8 Å². The summed E-state index contributed by atoms with van der Waals surface area (Å²) in [6, 6.07) is 7.21. The molecule has 0 amide bonds. The van der Waals surface area contributed by atoms with Gasteiger partial charge >= 0.3 is 0 Å². The molecular formula is C15H17N3S. The van der Waals surface area contributed by atoms with Gasteiger partial charge < -0.3 is 10.2 Å². The van der Waals surface area contributed by atoms with Gasteiger partial charge in [-0.3, -0.25) is 0 Å². The van der Waals surface area contributed by atoms with E-state index in [0.29, 0.717) is 12.0 Å². The van der Waals surface area contributed by atoms with E-state index in [0.717, 1.165) is 18.7 Å². The lowest BCUT2D eigenvalue weighted by Crippen LogP contribution is -2.44. The van der Waals surface area contributed by atoms with Crippen molar-refractivity contribution in [3.8, 4) is 6.07 Å². The number of hydrogen-bond donors (Lipinski definition) is 1. The second-order valence-electron chi connectivity index (χ2n) is 5.59. The van der Waals surface area contributed by atoms with Gasteiger partial charge in [-0.1, -0.05) is 0 Å². The molecule has 19 heavy (non-hydrogen) atoms. The molecule has 1 N–H and O–H groups in total. The van der Waals surface area contributed by atoms with Crippen LogP contribution in [-0.2, 0) is 0 Å². The molecule has 0 aromatic heterocycles. The maximum atomic E-state index is 9.25. The summed E-state index contributed by atoms with van der Waals surface area (Å²) < 4.78 is 0. The third-order valence-corrected chi connectivity index (χ3v) is 5.68. The number of nitriles is 1. The van der Waals surface area contributed by atoms with E-state index in [1.165, 1.54) is 41.3 Å². The Morgan fingerprint density at radius 2 is 2.37 bits per heavy atom. The number of fused-ring (bicyclic) bond motifs is 3. The van der Waals surface area contributed by atoms with Crippen LogP contribution in [0.1, 0.15) is 29.9 Å². The third-order valence-electron chi connectivity index (χ3n) is 4.57. The van der Waals surface area contributed by atoms with Gasteiger partial charge in [0.25, 0.3) is 0 Å². The highest BCUT2D eigenvalue weighted by Gasteiger charge is 2.41. The third kappa shape index (κ3) is 1.69. The molecule has 1 aromatic carbocycles. The molecule has 0 bridgehead atoms. The lowest BCUT2D eigenvalue weighted by atomic mass is 9.89. The SMILES string of the molecule is N#Cc1cc2c3c(c1)C1CNCCC1N3CCCS2. The van der Waals surface area contributed by atoms with Crippen LogP contribution in [0.4, 0.5) is 5.69 Å². The highest BCUT2D eigenvalue weighted by molar-refractivity contribution is 7.99. The predicted molar refractivity (Wildman–Crippen MR) is 77.9 cm³/mol. The van der Waals surface area contributed by atoms with E-state index in [1.807, 2.05) is 11.8 Å². The van der Waals surface area contributed by atoms with E-state index >= 15 is 0 Å². The maximum Gasteiger partial charge on any atom is 0.0992 e. The van der Waals surface area contributed by atoms with Crippen LogP contribution in [0.15, 0.2) is 17.0 Å². The minimum atomic E-state index is 0.578. The fourth-order valence-electron chi connectivity index (χ4n) is 3.79. The second kappa shape index (κ2) is 4.43. The van der Waals surface area contributed by atoms with Crippen molar-refractivity contribution >= 4 is 17.4 Å². The molecule has 3 aliphatic rings. The number of benzene rings is 1. The van der Waals surface area contributed by atoms with E-state index in [-0.39, 0.29) is 0 Å². The van der Waals surface area contributed by atoms with E-state index in [2.05, 4.69) is 28.4 Å². The quantitative estimate of drug-likeness (QED) is 0.786. The van der Waals surface area contributed by atoms with Gasteiger partial charge in [0, 0.05) is 29.9 Å². The summed E-state index contributed by atoms with van der Waals surface area (Å²) >= 11 is 1.93. The van der Waals surface area contributed by atoms with Crippen molar-refractivity contribution in [2.45, 2.75) is 29.7 Å². The van der Waals surface area contributed by atoms with Gasteiger partial charge in [0.15, 0.2) is 0 Å². The first kappa shape index (κ1) is 11.6. The Kier molecular flexibility index (Phi) is 2.71. The van der Waals surface area contributed by atoms with Crippen LogP contribution < -0.4 is 10.2 Å². The lowest BCUT2D eigenvalue weighted by molar-refractivity contribution is 0.403. The molecule has 0 spiro atoms. The van der Waals surface area contributed by atoms with E-state index < -0.39 is 0 Å². The van der Waals surface area contributed by atoms with E-state index in [9.17, 15) is 5.26 Å². The van der Waals surface area contributed by atoms with Crippen molar-refractivity contribution in [2.75, 3.05) is 30.3 Å². The van der Waals surface area contributed by atoms with Crippen LogP contribution in [0, 0.1) is 11.3 Å². The van der Waals surface area contributed by atoms with Crippen LogP contribution in [0.5, 0.6) is 0 Å². The van der Waals surface area contributed by atoms with Gasteiger partial charge in [0.2, 0.25) is 0 Å². The van der Waals surface area contributed by atoms with Crippen LogP contribution in [-0.4, -0.2) is 31.4 Å². The number of nitrogens with zero attached hydrogens (tertiary/aromatic N) is 2. The fourth-order valence-corrected chi connectivity index (χ4v) is 4.86. The standard InChI is InChI=1S/C15H17N3S/c16-8-10-6-11-12-9-17-3-2-13(12)18-4-1-5-19-14(7-10)15(11)18/h6-7,12-13,17H,1-5,9H2. The number of rotatable bonds is 0. The van der Waals surface area contributed by atoms with Crippen molar-refractivity contribution in [3.05, 3.63) is 23.3 Å². The number of nitrogens with one attached hydrogen (secondary N) is 1. The largest absolute Gasteiger partial charge is 0.367 e. The molecule has 1 aromatic rings. The minimum absolute atomic E-state index is 0.578. The minimum Gasteiger partial charge on any atom is -0.367 e. The summed E-state index contributed by atoms with van der Waals surface area (Å²) in [6.45, 7) is 3.37. The van der Waals surface area contributed by atoms with Gasteiger partial charge in [-0.05, 0) is 42.8 Å². The monoisotopic (exact) mass is 271 g/mol. The van der Waals surface area contributed by atoms with Crippen molar-refractivity contribution in [3.63, 3.8) is 0 Å². The normalized spacial score (nSPS) is 28.3. The van der Waals surface area contributed by atoms with Gasteiger partial charge in [0.1, 0.15) is 0 Å². The van der Waals surface area contributed by atoms with E-state index in [4.69, 9.17) is 0 Å². The maximum absolute atomic E-state index is 9.25. The summed E-state index contributed by atoms with van der Waals surface area (Å²) in [6.07, 6.45) is 2.47. The number of anilines is 1. The molecule has 0 saturated carbocycles. The number of thioether (sulfide) groups is 1. The van der Waals surface area contributed by atoms with Crippen molar-refractivity contribution in [1.29, 1.82) is 5.26 Å². The number of piperidine rings is 1. The highest BCUT2D eigenvalue weighted by atomic mass is 32.2. The molecule has 3 heterocycles. The molecule has 4 heteroatoms. The molecule has 2 unspecified atom stereocenters. The molecule has 3 nitrogen and oxygen atoms in total. The first-order valence-corrected chi connectivity index (χ1v) is 8.05. The topological polar surface area (TPSA) is 39.1 Å². The molecular weight excluding hydrogens is 254 g/mol. The molecule has 2 atom stereocenters. The smallest absolute Gasteiger partial charge is 0.0992 e. The first-order chi connectivity index (χ1) is 9.38. The van der Waals surface area contributed by atoms with Crippen molar-refractivity contribution < 1.29 is 0 Å². The van der Waals surface area contributed by atoms with Crippen LogP contribution in [0.2, 0.25) is 0 Å². The molecule has 4 rings (SSSR count). The zero-order valence-electron chi connectivity index (χ0n) is 10.9. The lowest BCUT2D eigenvalue weighted by Gasteiger charge is -2.33. The van der Waals surface area contributed by atoms with Crippen LogP contribution >= 0.6 is 11.8 Å². The van der Waals surface area contributed by atoms with Gasteiger partial charge in [0.05, 0.1) is 17.3 Å². The van der Waals surface area contributed by atoms with Gasteiger partial charge in [-0.25, -0.2) is 0 Å². The Morgan fingerprint density at radius 3 is 3.26 bits per heavy atom. The Morgan fingerprint density at radius 1 is 1.42 bits per heavy atom. The Bertz CT molecular complexity index is 563.